The summed E-state index contributed by atoms with van der Waals surface area (Å²) in [5.41, 5.74) is 0.588. The van der Waals surface area contributed by atoms with E-state index in [0.717, 1.165) is 0 Å². The zero-order valence-corrected chi connectivity index (χ0v) is 11.5. The molecule has 0 saturated heterocycles. The fraction of sp³-hybridized carbons (Fsp3) is 0.583. The summed E-state index contributed by atoms with van der Waals surface area (Å²) in [7, 11) is -1.19. The summed E-state index contributed by atoms with van der Waals surface area (Å²) in [6, 6.07) is 4.47. The van der Waals surface area contributed by atoms with Crippen LogP contribution in [0.25, 0.3) is 0 Å². The van der Waals surface area contributed by atoms with Gasteiger partial charge in [-0.2, -0.15) is 4.39 Å². The Labute approximate surface area is 104 Å². The van der Waals surface area contributed by atoms with Gasteiger partial charge in [0.15, 0.2) is 0 Å². The van der Waals surface area contributed by atoms with Gasteiger partial charge in [0.05, 0.1) is 27.5 Å². The van der Waals surface area contributed by atoms with Crippen molar-refractivity contribution in [2.24, 2.45) is 0 Å². The zero-order valence-electron chi connectivity index (χ0n) is 10.7. The molecule has 2 atom stereocenters. The van der Waals surface area contributed by atoms with E-state index < -0.39 is 16.9 Å². The maximum atomic E-state index is 13.0. The first-order valence-corrected chi connectivity index (χ1v) is 6.80. The van der Waals surface area contributed by atoms with Crippen LogP contribution in [0.2, 0.25) is 0 Å². The van der Waals surface area contributed by atoms with E-state index in [9.17, 15) is 8.60 Å². The van der Waals surface area contributed by atoms with Crippen LogP contribution in [-0.2, 0) is 11.0 Å². The Balaban J connectivity index is 2.83. The predicted octanol–water partition coefficient (Wildman–Crippen LogP) is 2.72. The highest BCUT2D eigenvalue weighted by Crippen LogP contribution is 2.18. The molecule has 0 radical (unpaired) electrons. The first-order chi connectivity index (χ1) is 7.84. The molecule has 0 aliphatic heterocycles. The van der Waals surface area contributed by atoms with Crippen molar-refractivity contribution in [3.8, 4) is 0 Å². The summed E-state index contributed by atoms with van der Waals surface area (Å²) in [4.78, 5) is 3.82. The minimum Gasteiger partial charge on any atom is -0.242 e. The third-order valence-electron chi connectivity index (χ3n) is 2.31. The lowest BCUT2D eigenvalue weighted by Crippen LogP contribution is -2.35. The topological polar surface area (TPSA) is 42.0 Å². The van der Waals surface area contributed by atoms with Gasteiger partial charge in [0.1, 0.15) is 0 Å². The maximum absolute atomic E-state index is 13.0. The molecule has 1 aromatic heterocycles. The second-order valence-corrected chi connectivity index (χ2v) is 6.84. The normalized spacial score (nSPS) is 15.6. The lowest BCUT2D eigenvalue weighted by atomic mass is 10.1. The molecule has 0 unspecified atom stereocenters. The van der Waals surface area contributed by atoms with Gasteiger partial charge in [-0.05, 0) is 39.3 Å². The number of rotatable bonds is 4. The summed E-state index contributed by atoms with van der Waals surface area (Å²) in [6.45, 7) is 7.62. The largest absolute Gasteiger partial charge is 0.242 e. The van der Waals surface area contributed by atoms with Gasteiger partial charge in [0, 0.05) is 0 Å². The van der Waals surface area contributed by atoms with Crippen LogP contribution >= 0.6 is 0 Å². The van der Waals surface area contributed by atoms with Gasteiger partial charge >= 0.3 is 0 Å². The lowest BCUT2D eigenvalue weighted by Gasteiger charge is -2.23. The molecule has 0 fully saturated rings. The lowest BCUT2D eigenvalue weighted by molar-refractivity contribution is 0.542. The standard InChI is InChI=1S/C12H19FN2OS/c1-5-9(15-17(16)12(2,3)4)10-7-6-8-11(13)14-10/h6-9,15H,5H2,1-4H3/t9-,17+/m0/s1. The van der Waals surface area contributed by atoms with Gasteiger partial charge in [0.25, 0.3) is 0 Å². The van der Waals surface area contributed by atoms with Crippen molar-refractivity contribution >= 4 is 11.0 Å². The van der Waals surface area contributed by atoms with Crippen molar-refractivity contribution in [3.63, 3.8) is 0 Å². The van der Waals surface area contributed by atoms with Crippen LogP contribution in [0.1, 0.15) is 45.9 Å². The van der Waals surface area contributed by atoms with Crippen LogP contribution in [0.15, 0.2) is 18.2 Å². The van der Waals surface area contributed by atoms with Gasteiger partial charge in [-0.25, -0.2) is 13.9 Å². The molecule has 0 saturated carbocycles. The van der Waals surface area contributed by atoms with E-state index in [1.807, 2.05) is 27.7 Å². The average Bonchev–Trinajstić information content (AvgIpc) is 2.24. The van der Waals surface area contributed by atoms with Crippen molar-refractivity contribution in [3.05, 3.63) is 29.8 Å². The Morgan fingerprint density at radius 2 is 2.12 bits per heavy atom. The fourth-order valence-electron chi connectivity index (χ4n) is 1.28. The van der Waals surface area contributed by atoms with Crippen molar-refractivity contribution in [1.29, 1.82) is 0 Å². The summed E-state index contributed by atoms with van der Waals surface area (Å²) in [5.74, 6) is -0.510. The molecule has 0 aliphatic rings. The Morgan fingerprint density at radius 3 is 2.59 bits per heavy atom. The molecular formula is C12H19FN2OS. The molecule has 0 amide bonds. The minimum atomic E-state index is -1.19. The first-order valence-electron chi connectivity index (χ1n) is 5.65. The predicted molar refractivity (Wildman–Crippen MR) is 68.3 cm³/mol. The number of aromatic nitrogens is 1. The van der Waals surface area contributed by atoms with Crippen molar-refractivity contribution in [2.75, 3.05) is 0 Å². The van der Waals surface area contributed by atoms with Gasteiger partial charge in [-0.15, -0.1) is 0 Å². The second-order valence-electron chi connectivity index (χ2n) is 4.84. The number of hydrogen-bond acceptors (Lipinski definition) is 2. The SMILES string of the molecule is CC[C@H](N[S@](=O)C(C)(C)C)c1cccc(F)n1. The molecule has 1 heterocycles. The van der Waals surface area contributed by atoms with E-state index in [4.69, 9.17) is 0 Å². The number of nitrogens with zero attached hydrogens (tertiary/aromatic N) is 1. The van der Waals surface area contributed by atoms with Gasteiger partial charge < -0.3 is 0 Å². The second kappa shape index (κ2) is 5.69. The molecule has 3 nitrogen and oxygen atoms in total. The molecule has 1 rings (SSSR count). The Bertz CT molecular complexity index is 404. The fourth-order valence-corrected chi connectivity index (χ4v) is 2.18. The number of hydrogen-bond donors (Lipinski definition) is 1. The van der Waals surface area contributed by atoms with E-state index in [0.29, 0.717) is 12.1 Å². The molecule has 0 aliphatic carbocycles. The van der Waals surface area contributed by atoms with E-state index in [1.54, 1.807) is 12.1 Å². The van der Waals surface area contributed by atoms with E-state index in [-0.39, 0.29) is 10.8 Å². The molecule has 17 heavy (non-hydrogen) atoms. The molecule has 0 bridgehead atoms. The smallest absolute Gasteiger partial charge is 0.213 e. The van der Waals surface area contributed by atoms with E-state index in [2.05, 4.69) is 9.71 Å². The quantitative estimate of drug-likeness (QED) is 0.844. The van der Waals surface area contributed by atoms with E-state index in [1.165, 1.54) is 6.07 Å². The van der Waals surface area contributed by atoms with Crippen LogP contribution in [0, 0.1) is 5.95 Å². The maximum Gasteiger partial charge on any atom is 0.213 e. The van der Waals surface area contributed by atoms with Crippen molar-refractivity contribution in [2.45, 2.75) is 44.9 Å². The summed E-state index contributed by atoms with van der Waals surface area (Å²) < 4.78 is 27.6. The van der Waals surface area contributed by atoms with Crippen LogP contribution in [0.5, 0.6) is 0 Å². The highest BCUT2D eigenvalue weighted by molar-refractivity contribution is 7.84. The molecule has 0 aromatic carbocycles. The first kappa shape index (κ1) is 14.3. The monoisotopic (exact) mass is 258 g/mol. The Hall–Kier alpha value is -0.810. The zero-order chi connectivity index (χ0) is 13.1. The molecule has 96 valence electrons. The van der Waals surface area contributed by atoms with Crippen LogP contribution in [0.3, 0.4) is 0 Å². The van der Waals surface area contributed by atoms with Crippen LogP contribution < -0.4 is 4.72 Å². The Kier molecular flexibility index (Phi) is 4.77. The van der Waals surface area contributed by atoms with Crippen LogP contribution in [-0.4, -0.2) is 13.9 Å². The third-order valence-corrected chi connectivity index (χ3v) is 3.92. The highest BCUT2D eigenvalue weighted by Gasteiger charge is 2.23. The highest BCUT2D eigenvalue weighted by atomic mass is 32.2. The molecule has 1 N–H and O–H groups in total. The Morgan fingerprint density at radius 1 is 1.47 bits per heavy atom. The van der Waals surface area contributed by atoms with E-state index >= 15 is 0 Å². The minimum absolute atomic E-state index is 0.189. The molecule has 1 aromatic rings. The summed E-state index contributed by atoms with van der Waals surface area (Å²) in [6.07, 6.45) is 0.707. The number of nitrogens with one attached hydrogen (secondary N) is 1. The molecular weight excluding hydrogens is 239 g/mol. The third kappa shape index (κ3) is 4.16. The van der Waals surface area contributed by atoms with Crippen LogP contribution in [0.4, 0.5) is 4.39 Å². The van der Waals surface area contributed by atoms with Crippen molar-refractivity contribution < 1.29 is 8.60 Å². The summed E-state index contributed by atoms with van der Waals surface area (Å²) >= 11 is 0. The number of halogens is 1. The molecule has 0 spiro atoms. The van der Waals surface area contributed by atoms with Gasteiger partial charge in [-0.3, -0.25) is 0 Å². The molecule has 5 heteroatoms. The summed E-state index contributed by atoms with van der Waals surface area (Å²) in [5, 5.41) is 0. The average molecular weight is 258 g/mol. The van der Waals surface area contributed by atoms with Crippen molar-refractivity contribution in [1.82, 2.24) is 9.71 Å². The van der Waals surface area contributed by atoms with Gasteiger partial charge in [0.2, 0.25) is 5.95 Å². The van der Waals surface area contributed by atoms with Gasteiger partial charge in [-0.1, -0.05) is 13.0 Å². The number of pyridine rings is 1.